The number of fused-ring (bicyclic) bond motifs is 1. The highest BCUT2D eigenvalue weighted by atomic mass is 16.1. The van der Waals surface area contributed by atoms with Gasteiger partial charge in [-0.05, 0) is 49.4 Å². The third-order valence-corrected chi connectivity index (χ3v) is 5.05. The molecule has 0 spiro atoms. The van der Waals surface area contributed by atoms with Crippen LogP contribution in [0.3, 0.4) is 0 Å². The van der Waals surface area contributed by atoms with E-state index < -0.39 is 0 Å². The standard InChI is InChI=1S/C20H22N4O/c1-13-6-9-18-15(10-13)8-7-14(2)19(18)20(25)21-11-16-12-24(23-22-16)17-4-3-5-17/h6-10,12,17H,3-5,11H2,1-2H3,(H,21,25). The van der Waals surface area contributed by atoms with E-state index in [0.29, 0.717) is 12.6 Å². The largest absolute Gasteiger partial charge is 0.346 e. The Morgan fingerprint density at radius 2 is 2.08 bits per heavy atom. The molecule has 25 heavy (non-hydrogen) atoms. The van der Waals surface area contributed by atoms with Crippen LogP contribution in [0, 0.1) is 13.8 Å². The van der Waals surface area contributed by atoms with Crippen LogP contribution in [0.15, 0.2) is 36.5 Å². The Bertz CT molecular complexity index is 940. The Morgan fingerprint density at radius 1 is 1.24 bits per heavy atom. The fourth-order valence-corrected chi connectivity index (χ4v) is 3.34. The molecule has 4 rings (SSSR count). The zero-order valence-electron chi connectivity index (χ0n) is 14.6. The monoisotopic (exact) mass is 334 g/mol. The summed E-state index contributed by atoms with van der Waals surface area (Å²) in [6.45, 7) is 4.43. The molecule has 5 heteroatoms. The van der Waals surface area contributed by atoms with Crippen LogP contribution < -0.4 is 5.32 Å². The molecule has 1 N–H and O–H groups in total. The number of benzene rings is 2. The van der Waals surface area contributed by atoms with Gasteiger partial charge in [-0.1, -0.05) is 41.1 Å². The van der Waals surface area contributed by atoms with Crippen molar-refractivity contribution in [2.45, 2.75) is 45.7 Å². The van der Waals surface area contributed by atoms with Gasteiger partial charge in [0.2, 0.25) is 0 Å². The molecule has 5 nitrogen and oxygen atoms in total. The minimum Gasteiger partial charge on any atom is -0.346 e. The van der Waals surface area contributed by atoms with Crippen LogP contribution in [0.2, 0.25) is 0 Å². The number of rotatable bonds is 4. The predicted molar refractivity (Wildman–Crippen MR) is 97.5 cm³/mol. The molecular weight excluding hydrogens is 312 g/mol. The summed E-state index contributed by atoms with van der Waals surface area (Å²) in [5.41, 5.74) is 3.71. The quantitative estimate of drug-likeness (QED) is 0.791. The second kappa shape index (κ2) is 6.31. The van der Waals surface area contributed by atoms with E-state index in [1.165, 1.54) is 24.8 Å². The van der Waals surface area contributed by atoms with Crippen molar-refractivity contribution in [3.05, 3.63) is 58.9 Å². The molecule has 0 atom stereocenters. The van der Waals surface area contributed by atoms with Crippen molar-refractivity contribution in [2.75, 3.05) is 0 Å². The van der Waals surface area contributed by atoms with Gasteiger partial charge in [-0.2, -0.15) is 0 Å². The van der Waals surface area contributed by atoms with Crippen molar-refractivity contribution in [3.63, 3.8) is 0 Å². The number of aryl methyl sites for hydroxylation is 2. The number of carbonyl (C=O) groups is 1. The van der Waals surface area contributed by atoms with Gasteiger partial charge in [-0.15, -0.1) is 5.10 Å². The Hall–Kier alpha value is -2.69. The van der Waals surface area contributed by atoms with Crippen LogP contribution in [0.4, 0.5) is 0 Å². The van der Waals surface area contributed by atoms with E-state index in [9.17, 15) is 4.79 Å². The summed E-state index contributed by atoms with van der Waals surface area (Å²) < 4.78 is 1.93. The van der Waals surface area contributed by atoms with Crippen molar-refractivity contribution in [3.8, 4) is 0 Å². The zero-order chi connectivity index (χ0) is 17.4. The molecule has 0 bridgehead atoms. The summed E-state index contributed by atoms with van der Waals surface area (Å²) in [5.74, 6) is -0.0647. The molecule has 1 saturated carbocycles. The Balaban J connectivity index is 1.53. The summed E-state index contributed by atoms with van der Waals surface area (Å²) in [6.07, 6.45) is 5.55. The van der Waals surface area contributed by atoms with Gasteiger partial charge in [-0.3, -0.25) is 4.79 Å². The van der Waals surface area contributed by atoms with Gasteiger partial charge in [0.15, 0.2) is 0 Å². The van der Waals surface area contributed by atoms with Gasteiger partial charge in [0.05, 0.1) is 24.3 Å². The van der Waals surface area contributed by atoms with Crippen LogP contribution in [0.1, 0.15) is 52.5 Å². The van der Waals surface area contributed by atoms with Crippen molar-refractivity contribution in [2.24, 2.45) is 0 Å². The fraction of sp³-hybridized carbons (Fsp3) is 0.350. The SMILES string of the molecule is Cc1ccc2c(C(=O)NCc3cn(C4CCC4)nn3)c(C)ccc2c1. The molecule has 2 aromatic carbocycles. The smallest absolute Gasteiger partial charge is 0.252 e. The van der Waals surface area contributed by atoms with Crippen molar-refractivity contribution in [1.29, 1.82) is 0 Å². The number of nitrogens with one attached hydrogen (secondary N) is 1. The first kappa shape index (κ1) is 15.8. The van der Waals surface area contributed by atoms with Crippen LogP contribution in [-0.4, -0.2) is 20.9 Å². The second-order valence-electron chi connectivity index (χ2n) is 6.94. The molecule has 0 unspecified atom stereocenters. The van der Waals surface area contributed by atoms with E-state index in [4.69, 9.17) is 0 Å². The average Bonchev–Trinajstić information content (AvgIpc) is 2.99. The molecule has 1 aliphatic rings. The number of hydrogen-bond acceptors (Lipinski definition) is 3. The summed E-state index contributed by atoms with van der Waals surface area (Å²) in [4.78, 5) is 12.8. The molecular formula is C20H22N4O. The van der Waals surface area contributed by atoms with E-state index in [0.717, 1.165) is 27.6 Å². The van der Waals surface area contributed by atoms with Crippen LogP contribution >= 0.6 is 0 Å². The predicted octanol–water partition coefficient (Wildman–Crippen LogP) is 3.70. The highest BCUT2D eigenvalue weighted by Crippen LogP contribution is 2.30. The van der Waals surface area contributed by atoms with Crippen molar-refractivity contribution < 1.29 is 4.79 Å². The molecule has 3 aromatic rings. The molecule has 0 aliphatic heterocycles. The van der Waals surface area contributed by atoms with Gasteiger partial charge >= 0.3 is 0 Å². The maximum absolute atomic E-state index is 12.8. The van der Waals surface area contributed by atoms with E-state index in [1.807, 2.05) is 36.0 Å². The molecule has 0 saturated heterocycles. The van der Waals surface area contributed by atoms with E-state index >= 15 is 0 Å². The molecule has 1 amide bonds. The van der Waals surface area contributed by atoms with Crippen LogP contribution in [-0.2, 0) is 6.54 Å². The highest BCUT2D eigenvalue weighted by Gasteiger charge is 2.21. The molecule has 0 radical (unpaired) electrons. The van der Waals surface area contributed by atoms with Gasteiger partial charge < -0.3 is 5.32 Å². The number of amides is 1. The Labute approximate surface area is 147 Å². The summed E-state index contributed by atoms with van der Waals surface area (Å²) in [6, 6.07) is 10.7. The maximum atomic E-state index is 12.8. The Kier molecular flexibility index (Phi) is 3.99. The number of carbonyl (C=O) groups excluding carboxylic acids is 1. The van der Waals surface area contributed by atoms with Gasteiger partial charge in [0, 0.05) is 0 Å². The highest BCUT2D eigenvalue weighted by molar-refractivity contribution is 6.08. The van der Waals surface area contributed by atoms with E-state index in [-0.39, 0.29) is 5.91 Å². The summed E-state index contributed by atoms with van der Waals surface area (Å²) in [5, 5.41) is 13.4. The first-order valence-corrected chi connectivity index (χ1v) is 8.81. The zero-order valence-corrected chi connectivity index (χ0v) is 14.6. The number of hydrogen-bond donors (Lipinski definition) is 1. The lowest BCUT2D eigenvalue weighted by Gasteiger charge is -2.24. The van der Waals surface area contributed by atoms with Crippen LogP contribution in [0.25, 0.3) is 10.8 Å². The molecule has 1 heterocycles. The van der Waals surface area contributed by atoms with E-state index in [2.05, 4.69) is 34.7 Å². The first-order chi connectivity index (χ1) is 12.1. The average molecular weight is 334 g/mol. The topological polar surface area (TPSA) is 59.8 Å². The molecule has 1 aromatic heterocycles. The third kappa shape index (κ3) is 3.02. The lowest BCUT2D eigenvalue weighted by atomic mass is 9.93. The van der Waals surface area contributed by atoms with Gasteiger partial charge in [0.1, 0.15) is 5.69 Å². The third-order valence-electron chi connectivity index (χ3n) is 5.05. The number of aromatic nitrogens is 3. The minimum absolute atomic E-state index is 0.0647. The molecule has 1 fully saturated rings. The van der Waals surface area contributed by atoms with Gasteiger partial charge in [-0.25, -0.2) is 4.68 Å². The first-order valence-electron chi connectivity index (χ1n) is 8.81. The lowest BCUT2D eigenvalue weighted by molar-refractivity contribution is 0.0951. The molecule has 128 valence electrons. The van der Waals surface area contributed by atoms with Crippen molar-refractivity contribution in [1.82, 2.24) is 20.3 Å². The summed E-state index contributed by atoms with van der Waals surface area (Å²) >= 11 is 0. The second-order valence-corrected chi connectivity index (χ2v) is 6.94. The fourth-order valence-electron chi connectivity index (χ4n) is 3.34. The lowest BCUT2D eigenvalue weighted by Crippen LogP contribution is -2.24. The van der Waals surface area contributed by atoms with Crippen LogP contribution in [0.5, 0.6) is 0 Å². The minimum atomic E-state index is -0.0647. The van der Waals surface area contributed by atoms with Gasteiger partial charge in [0.25, 0.3) is 5.91 Å². The number of nitrogens with zero attached hydrogens (tertiary/aromatic N) is 3. The molecule has 1 aliphatic carbocycles. The summed E-state index contributed by atoms with van der Waals surface area (Å²) in [7, 11) is 0. The maximum Gasteiger partial charge on any atom is 0.252 e. The van der Waals surface area contributed by atoms with Crippen molar-refractivity contribution >= 4 is 16.7 Å². The van der Waals surface area contributed by atoms with E-state index in [1.54, 1.807) is 0 Å². The normalized spacial score (nSPS) is 14.5. The Morgan fingerprint density at radius 3 is 2.84 bits per heavy atom.